The molecule has 304 valence electrons. The van der Waals surface area contributed by atoms with Crippen molar-refractivity contribution in [3.05, 3.63) is 218 Å². The normalized spacial score (nSPS) is 12.0. The Morgan fingerprint density at radius 2 is 0.985 bits per heavy atom. The van der Waals surface area contributed by atoms with Gasteiger partial charge in [-0.3, -0.25) is 0 Å². The van der Waals surface area contributed by atoms with Gasteiger partial charge in [-0.05, 0) is 96.1 Å². The smallest absolute Gasteiger partial charge is 0.145 e. The molecule has 0 amide bonds. The van der Waals surface area contributed by atoms with Gasteiger partial charge in [0.25, 0.3) is 0 Å². The maximum absolute atomic E-state index is 6.97. The highest BCUT2D eigenvalue weighted by Crippen LogP contribution is 2.50. The first-order valence-corrected chi connectivity index (χ1v) is 22.8. The zero-order valence-electron chi connectivity index (χ0n) is 34.9. The highest BCUT2D eigenvalue weighted by molar-refractivity contribution is 7.25. The van der Waals surface area contributed by atoms with Crippen molar-refractivity contribution in [2.75, 3.05) is 4.90 Å². The summed E-state index contributed by atoms with van der Waals surface area (Å²) in [5.41, 5.74) is 14.3. The van der Waals surface area contributed by atoms with Crippen molar-refractivity contribution in [2.24, 2.45) is 0 Å². The fraction of sp³-hybridized carbons (Fsp3) is 0. The average molecular weight is 849 g/mol. The molecule has 4 aromatic heterocycles. The lowest BCUT2D eigenvalue weighted by Crippen LogP contribution is -2.11. The third-order valence-electron chi connectivity index (χ3n) is 13.2. The summed E-state index contributed by atoms with van der Waals surface area (Å²) in [5.74, 6) is 0. The minimum Gasteiger partial charge on any atom is -0.456 e. The SMILES string of the molecule is c1ccc(N(c2ccc3c(c2)oc2ccccc23)c2ccc(-c3ccc(-n4c5ccccc5c5ccccc54)cc3)c3oc4ccccc4c23)c(-c2ccc3sc4ccccc4c3c2)c1. The molecule has 4 nitrogen and oxygen atoms in total. The molecule has 14 aromatic rings. The van der Waals surface area contributed by atoms with Gasteiger partial charge in [-0.1, -0.05) is 127 Å². The molecule has 0 radical (unpaired) electrons. The van der Waals surface area contributed by atoms with Gasteiger partial charge in [0.15, 0.2) is 0 Å². The first-order valence-electron chi connectivity index (χ1n) is 22.0. The maximum atomic E-state index is 6.97. The predicted octanol–water partition coefficient (Wildman–Crippen LogP) is 17.8. The molecule has 14 rings (SSSR count). The van der Waals surface area contributed by atoms with Crippen LogP contribution in [0.15, 0.2) is 227 Å². The summed E-state index contributed by atoms with van der Waals surface area (Å²) in [5, 5.41) is 9.34. The molecule has 4 heterocycles. The quantitative estimate of drug-likeness (QED) is 0.167. The van der Waals surface area contributed by atoms with Crippen molar-refractivity contribution in [3.8, 4) is 27.9 Å². The van der Waals surface area contributed by atoms with E-state index in [-0.39, 0.29) is 0 Å². The van der Waals surface area contributed by atoms with Crippen LogP contribution in [0.3, 0.4) is 0 Å². The van der Waals surface area contributed by atoms with Crippen molar-refractivity contribution in [3.63, 3.8) is 0 Å². The molecule has 65 heavy (non-hydrogen) atoms. The van der Waals surface area contributed by atoms with E-state index >= 15 is 0 Å². The monoisotopic (exact) mass is 848 g/mol. The summed E-state index contributed by atoms with van der Waals surface area (Å²) in [7, 11) is 0. The Labute approximate surface area is 377 Å². The van der Waals surface area contributed by atoms with Crippen LogP contribution in [-0.4, -0.2) is 4.57 Å². The standard InChI is InChI=1S/C60H36N2O2S/c1-7-19-50(41(13-1)38-27-34-58-49(35-38)47-17-6-12-24-57(47)65-58)62(40-30-31-46-45-16-4-10-22-54(45)63-56(46)36-40)53-33-32-42(60-59(53)48-18-5-11-23-55(48)64-60)37-25-28-39(29-26-37)61-51-20-8-2-14-43(51)44-15-3-9-21-52(44)61/h1-36H. The van der Waals surface area contributed by atoms with Crippen LogP contribution in [0, 0.1) is 0 Å². The number of benzene rings is 10. The van der Waals surface area contributed by atoms with E-state index in [1.54, 1.807) is 0 Å². The maximum Gasteiger partial charge on any atom is 0.145 e. The number of para-hydroxylation sites is 5. The average Bonchev–Trinajstić information content (AvgIpc) is 4.13. The molecule has 5 heteroatoms. The fourth-order valence-corrected chi connectivity index (χ4v) is 11.4. The second kappa shape index (κ2) is 14.1. The lowest BCUT2D eigenvalue weighted by atomic mass is 9.97. The molecular weight excluding hydrogens is 813 g/mol. The Bertz CT molecular complexity index is 4150. The highest BCUT2D eigenvalue weighted by atomic mass is 32.1. The molecule has 0 aliphatic rings. The van der Waals surface area contributed by atoms with Crippen LogP contribution in [0.2, 0.25) is 0 Å². The van der Waals surface area contributed by atoms with Gasteiger partial charge in [0.05, 0.1) is 27.8 Å². The van der Waals surface area contributed by atoms with Crippen molar-refractivity contribution < 1.29 is 8.83 Å². The van der Waals surface area contributed by atoms with Gasteiger partial charge in [-0.25, -0.2) is 0 Å². The molecule has 0 aliphatic heterocycles. The lowest BCUT2D eigenvalue weighted by Gasteiger charge is -2.29. The summed E-state index contributed by atoms with van der Waals surface area (Å²) >= 11 is 1.84. The number of hydrogen-bond donors (Lipinski definition) is 0. The second-order valence-electron chi connectivity index (χ2n) is 16.8. The Morgan fingerprint density at radius 1 is 0.369 bits per heavy atom. The fourth-order valence-electron chi connectivity index (χ4n) is 10.3. The molecule has 0 bridgehead atoms. The van der Waals surface area contributed by atoms with E-state index in [1.165, 1.54) is 42.0 Å². The molecule has 0 unspecified atom stereocenters. The zero-order chi connectivity index (χ0) is 42.6. The first kappa shape index (κ1) is 36.1. The molecule has 0 atom stereocenters. The zero-order valence-corrected chi connectivity index (χ0v) is 35.7. The number of hydrogen-bond acceptors (Lipinski definition) is 4. The van der Waals surface area contributed by atoms with Gasteiger partial charge in [-0.2, -0.15) is 0 Å². The molecule has 0 aliphatic carbocycles. The molecule has 0 saturated heterocycles. The Kier molecular flexibility index (Phi) is 7.82. The van der Waals surface area contributed by atoms with Crippen LogP contribution < -0.4 is 4.90 Å². The molecule has 10 aromatic carbocycles. The number of aromatic nitrogens is 1. The number of rotatable bonds is 6. The van der Waals surface area contributed by atoms with Gasteiger partial charge < -0.3 is 18.3 Å². The molecule has 0 saturated carbocycles. The van der Waals surface area contributed by atoms with Gasteiger partial charge >= 0.3 is 0 Å². The van der Waals surface area contributed by atoms with Gasteiger partial charge in [0.1, 0.15) is 22.3 Å². The number of furan rings is 2. The molecule has 0 spiro atoms. The van der Waals surface area contributed by atoms with E-state index in [2.05, 4.69) is 216 Å². The van der Waals surface area contributed by atoms with Crippen LogP contribution in [0.5, 0.6) is 0 Å². The van der Waals surface area contributed by atoms with Gasteiger partial charge in [0.2, 0.25) is 0 Å². The van der Waals surface area contributed by atoms with E-state index in [1.807, 2.05) is 23.5 Å². The summed E-state index contributed by atoms with van der Waals surface area (Å²) in [6, 6.07) is 78.4. The predicted molar refractivity (Wildman–Crippen MR) is 274 cm³/mol. The third kappa shape index (κ3) is 5.49. The highest BCUT2D eigenvalue weighted by Gasteiger charge is 2.25. The van der Waals surface area contributed by atoms with Crippen molar-refractivity contribution >= 4 is 114 Å². The third-order valence-corrected chi connectivity index (χ3v) is 14.4. The van der Waals surface area contributed by atoms with Crippen molar-refractivity contribution in [1.29, 1.82) is 0 Å². The lowest BCUT2D eigenvalue weighted by molar-refractivity contribution is 0.669. The summed E-state index contributed by atoms with van der Waals surface area (Å²) in [6.07, 6.45) is 0. The number of thiophene rings is 1. The summed E-state index contributed by atoms with van der Waals surface area (Å²) in [6.45, 7) is 0. The topological polar surface area (TPSA) is 34.5 Å². The van der Waals surface area contributed by atoms with Gasteiger partial charge in [-0.15, -0.1) is 11.3 Å². The van der Waals surface area contributed by atoms with Crippen LogP contribution in [0.25, 0.3) is 114 Å². The number of anilines is 3. The molecule has 0 N–H and O–H groups in total. The molecular formula is C60H36N2O2S. The Hall–Kier alpha value is -8.38. The van der Waals surface area contributed by atoms with Crippen LogP contribution in [0.4, 0.5) is 17.1 Å². The van der Waals surface area contributed by atoms with Crippen molar-refractivity contribution in [1.82, 2.24) is 4.57 Å². The van der Waals surface area contributed by atoms with E-state index in [0.29, 0.717) is 0 Å². The summed E-state index contributed by atoms with van der Waals surface area (Å²) < 4.78 is 18.5. The van der Waals surface area contributed by atoms with Crippen molar-refractivity contribution in [2.45, 2.75) is 0 Å². The van der Waals surface area contributed by atoms with E-state index in [0.717, 1.165) is 88.9 Å². The molecule has 0 fully saturated rings. The second-order valence-corrected chi connectivity index (χ2v) is 17.9. The number of fused-ring (bicyclic) bond motifs is 12. The summed E-state index contributed by atoms with van der Waals surface area (Å²) in [4.78, 5) is 2.40. The minimum absolute atomic E-state index is 0.839. The van der Waals surface area contributed by atoms with E-state index in [4.69, 9.17) is 8.83 Å². The van der Waals surface area contributed by atoms with Crippen LogP contribution in [0.1, 0.15) is 0 Å². The van der Waals surface area contributed by atoms with Gasteiger partial charge in [0, 0.05) is 75.7 Å². The Morgan fingerprint density at radius 3 is 1.78 bits per heavy atom. The van der Waals surface area contributed by atoms with Crippen LogP contribution >= 0.6 is 11.3 Å². The van der Waals surface area contributed by atoms with E-state index < -0.39 is 0 Å². The Balaban J connectivity index is 0.989. The first-order chi connectivity index (χ1) is 32.2. The van der Waals surface area contributed by atoms with Crippen LogP contribution in [-0.2, 0) is 0 Å². The largest absolute Gasteiger partial charge is 0.456 e. The number of nitrogens with zero attached hydrogens (tertiary/aromatic N) is 2. The minimum atomic E-state index is 0.839. The van der Waals surface area contributed by atoms with E-state index in [9.17, 15) is 0 Å².